The molecule has 0 saturated carbocycles. The zero-order valence-electron chi connectivity index (χ0n) is 14.9. The van der Waals surface area contributed by atoms with Crippen molar-refractivity contribution in [1.29, 1.82) is 0 Å². The van der Waals surface area contributed by atoms with Gasteiger partial charge in [-0.15, -0.1) is 0 Å². The van der Waals surface area contributed by atoms with Crippen molar-refractivity contribution in [2.45, 2.75) is 32.4 Å². The first kappa shape index (κ1) is 18.5. The van der Waals surface area contributed by atoms with Gasteiger partial charge in [-0.25, -0.2) is 9.37 Å². The molecule has 1 aliphatic heterocycles. The van der Waals surface area contributed by atoms with Gasteiger partial charge in [0, 0.05) is 31.2 Å². The maximum Gasteiger partial charge on any atom is 0.317 e. The van der Waals surface area contributed by atoms with Crippen molar-refractivity contribution in [3.63, 3.8) is 0 Å². The smallest absolute Gasteiger partial charge is 0.317 e. The number of carbonyl (C=O) groups is 1. The Labute approximate surface area is 152 Å². The van der Waals surface area contributed by atoms with Crippen LogP contribution in [0.1, 0.15) is 25.5 Å². The summed E-state index contributed by atoms with van der Waals surface area (Å²) in [5.41, 5.74) is 1.45. The van der Waals surface area contributed by atoms with Crippen LogP contribution in [-0.4, -0.2) is 58.1 Å². The van der Waals surface area contributed by atoms with E-state index in [2.05, 4.69) is 9.88 Å². The molecule has 6 nitrogen and oxygen atoms in total. The van der Waals surface area contributed by atoms with Gasteiger partial charge in [-0.3, -0.25) is 14.6 Å². The van der Waals surface area contributed by atoms with Gasteiger partial charge in [0.25, 0.3) is 0 Å². The molecule has 0 atom stereocenters. The third-order valence-corrected chi connectivity index (χ3v) is 4.83. The molecular formula is C19H24FN3O3. The normalized spacial score (nSPS) is 16.3. The number of aliphatic carboxylic acids is 1. The molecule has 1 saturated heterocycles. The van der Waals surface area contributed by atoms with Crippen LogP contribution in [-0.2, 0) is 11.3 Å². The lowest BCUT2D eigenvalue weighted by molar-refractivity contribution is -0.139. The number of hydrogen-bond donors (Lipinski definition) is 1. The molecule has 0 unspecified atom stereocenters. The van der Waals surface area contributed by atoms with Gasteiger partial charge in [-0.2, -0.15) is 0 Å². The van der Waals surface area contributed by atoms with Gasteiger partial charge in [0.05, 0.1) is 12.2 Å². The zero-order valence-corrected chi connectivity index (χ0v) is 14.9. The van der Waals surface area contributed by atoms with Crippen LogP contribution in [0.4, 0.5) is 4.39 Å². The molecule has 1 aromatic carbocycles. The van der Waals surface area contributed by atoms with Crippen LogP contribution in [0.15, 0.2) is 34.9 Å². The number of likely N-dealkylation sites (tertiary alicyclic amines) is 1. The number of benzene rings is 1. The Morgan fingerprint density at radius 2 is 2.19 bits per heavy atom. The second kappa shape index (κ2) is 8.42. The standard InChI is InChI=1S/C19H24FN3O3/c1-2-23(12-18(24)25)17-6-8-22(9-7-17)11-16-13-26-19(21-16)14-4-3-5-15(20)10-14/h3-5,10,13,17H,2,6-9,11-12H2,1H3,(H,24,25). The predicted octanol–water partition coefficient (Wildman–Crippen LogP) is 2.85. The lowest BCUT2D eigenvalue weighted by Gasteiger charge is -2.37. The summed E-state index contributed by atoms with van der Waals surface area (Å²) in [6.45, 7) is 5.31. The summed E-state index contributed by atoms with van der Waals surface area (Å²) >= 11 is 0. The summed E-state index contributed by atoms with van der Waals surface area (Å²) in [6.07, 6.45) is 3.50. The van der Waals surface area contributed by atoms with Crippen molar-refractivity contribution in [3.8, 4) is 11.5 Å². The Morgan fingerprint density at radius 1 is 1.42 bits per heavy atom. The van der Waals surface area contributed by atoms with Crippen molar-refractivity contribution >= 4 is 5.97 Å². The number of carboxylic acids is 1. The largest absolute Gasteiger partial charge is 0.480 e. The van der Waals surface area contributed by atoms with Crippen molar-refractivity contribution in [1.82, 2.24) is 14.8 Å². The van der Waals surface area contributed by atoms with E-state index in [4.69, 9.17) is 9.52 Å². The number of likely N-dealkylation sites (N-methyl/N-ethyl adjacent to an activating group) is 1. The van der Waals surface area contributed by atoms with E-state index in [1.165, 1.54) is 12.1 Å². The highest BCUT2D eigenvalue weighted by atomic mass is 19.1. The minimum atomic E-state index is -0.776. The lowest BCUT2D eigenvalue weighted by atomic mass is 10.0. The maximum atomic E-state index is 13.3. The third kappa shape index (κ3) is 4.68. The van der Waals surface area contributed by atoms with Gasteiger partial charge in [0.1, 0.15) is 12.1 Å². The maximum absolute atomic E-state index is 13.3. The van der Waals surface area contributed by atoms with E-state index in [1.807, 2.05) is 11.8 Å². The average molecular weight is 361 g/mol. The fourth-order valence-electron chi connectivity index (χ4n) is 3.48. The summed E-state index contributed by atoms with van der Waals surface area (Å²) in [5, 5.41) is 9.01. The molecule has 1 N–H and O–H groups in total. The Bertz CT molecular complexity index is 741. The number of carboxylic acid groups (broad SMARTS) is 1. The molecule has 3 rings (SSSR count). The second-order valence-electron chi connectivity index (χ2n) is 6.62. The van der Waals surface area contributed by atoms with Crippen LogP contribution < -0.4 is 0 Å². The molecule has 2 heterocycles. The van der Waals surface area contributed by atoms with Crippen LogP contribution in [0.5, 0.6) is 0 Å². The average Bonchev–Trinajstić information content (AvgIpc) is 3.09. The van der Waals surface area contributed by atoms with Crippen molar-refractivity contribution in [2.75, 3.05) is 26.2 Å². The molecule has 0 spiro atoms. The third-order valence-electron chi connectivity index (χ3n) is 4.83. The SMILES string of the molecule is CCN(CC(=O)O)C1CCN(Cc2coc(-c3cccc(F)c3)n2)CC1. The topological polar surface area (TPSA) is 69.8 Å². The second-order valence-corrected chi connectivity index (χ2v) is 6.62. The summed E-state index contributed by atoms with van der Waals surface area (Å²) in [5.74, 6) is -0.666. The molecule has 1 aliphatic rings. The molecular weight excluding hydrogens is 337 g/mol. The predicted molar refractivity (Wildman–Crippen MR) is 95.1 cm³/mol. The highest BCUT2D eigenvalue weighted by molar-refractivity contribution is 5.69. The van der Waals surface area contributed by atoms with Crippen LogP contribution in [0.3, 0.4) is 0 Å². The van der Waals surface area contributed by atoms with Crippen molar-refractivity contribution < 1.29 is 18.7 Å². The van der Waals surface area contributed by atoms with Gasteiger partial charge in [-0.1, -0.05) is 13.0 Å². The minimum Gasteiger partial charge on any atom is -0.480 e. The van der Waals surface area contributed by atoms with Gasteiger partial charge in [-0.05, 0) is 37.6 Å². The van der Waals surface area contributed by atoms with Crippen LogP contribution in [0.25, 0.3) is 11.5 Å². The molecule has 0 bridgehead atoms. The van der Waals surface area contributed by atoms with E-state index in [1.54, 1.807) is 18.4 Å². The van der Waals surface area contributed by atoms with Crippen LogP contribution in [0, 0.1) is 5.82 Å². The molecule has 2 aromatic rings. The number of halogens is 1. The number of oxazole rings is 1. The fraction of sp³-hybridized carbons (Fsp3) is 0.474. The number of aromatic nitrogens is 1. The summed E-state index contributed by atoms with van der Waals surface area (Å²) in [4.78, 5) is 19.7. The van der Waals surface area contributed by atoms with Crippen LogP contribution in [0.2, 0.25) is 0 Å². The Balaban J connectivity index is 1.54. The number of hydrogen-bond acceptors (Lipinski definition) is 5. The molecule has 26 heavy (non-hydrogen) atoms. The quantitative estimate of drug-likeness (QED) is 0.818. The van der Waals surface area contributed by atoms with Crippen molar-refractivity contribution in [3.05, 3.63) is 42.0 Å². The van der Waals surface area contributed by atoms with E-state index in [9.17, 15) is 9.18 Å². The van der Waals surface area contributed by atoms with Gasteiger partial charge in [0.15, 0.2) is 0 Å². The van der Waals surface area contributed by atoms with Gasteiger partial charge >= 0.3 is 5.97 Å². The van der Waals surface area contributed by atoms with E-state index < -0.39 is 5.97 Å². The van der Waals surface area contributed by atoms with E-state index in [0.29, 0.717) is 24.0 Å². The first-order valence-electron chi connectivity index (χ1n) is 8.93. The summed E-state index contributed by atoms with van der Waals surface area (Å²) in [6, 6.07) is 6.51. The highest BCUT2D eigenvalue weighted by Gasteiger charge is 2.25. The van der Waals surface area contributed by atoms with Gasteiger partial charge < -0.3 is 9.52 Å². The fourth-order valence-corrected chi connectivity index (χ4v) is 3.48. The molecule has 1 aromatic heterocycles. The van der Waals surface area contributed by atoms with Crippen LogP contribution >= 0.6 is 0 Å². The van der Waals surface area contributed by atoms with E-state index >= 15 is 0 Å². The zero-order chi connectivity index (χ0) is 18.5. The Morgan fingerprint density at radius 3 is 2.85 bits per heavy atom. The molecule has 140 valence electrons. The Kier molecular flexibility index (Phi) is 6.00. The molecule has 0 aliphatic carbocycles. The molecule has 7 heteroatoms. The first-order valence-corrected chi connectivity index (χ1v) is 8.93. The van der Waals surface area contributed by atoms with E-state index in [0.717, 1.165) is 38.2 Å². The molecule has 0 radical (unpaired) electrons. The number of piperidine rings is 1. The first-order chi connectivity index (χ1) is 12.5. The Hall–Kier alpha value is -2.25. The minimum absolute atomic E-state index is 0.0987. The lowest BCUT2D eigenvalue weighted by Crippen LogP contribution is -2.46. The number of nitrogens with zero attached hydrogens (tertiary/aromatic N) is 3. The summed E-state index contributed by atoms with van der Waals surface area (Å²) < 4.78 is 18.8. The molecule has 0 amide bonds. The number of rotatable bonds is 7. The molecule has 1 fully saturated rings. The van der Waals surface area contributed by atoms with E-state index in [-0.39, 0.29) is 12.4 Å². The summed E-state index contributed by atoms with van der Waals surface area (Å²) in [7, 11) is 0. The monoisotopic (exact) mass is 361 g/mol. The van der Waals surface area contributed by atoms with Gasteiger partial charge in [0.2, 0.25) is 5.89 Å². The van der Waals surface area contributed by atoms with Crippen molar-refractivity contribution in [2.24, 2.45) is 0 Å². The highest BCUT2D eigenvalue weighted by Crippen LogP contribution is 2.22.